The molecule has 5 heteroatoms. The minimum atomic E-state index is -0.356. The largest absolute Gasteiger partial charge is 0.469 e. The maximum Gasteiger partial charge on any atom is 0.224 e. The summed E-state index contributed by atoms with van der Waals surface area (Å²) >= 11 is 11.1. The first kappa shape index (κ1) is 11.6. The molecule has 0 aromatic carbocycles. The van der Waals surface area contributed by atoms with Gasteiger partial charge in [-0.05, 0) is 19.1 Å². The van der Waals surface area contributed by atoms with Gasteiger partial charge < -0.3 is 10.1 Å². The molecule has 2 heterocycles. The zero-order chi connectivity index (χ0) is 11.6. The van der Waals surface area contributed by atoms with Crippen LogP contribution in [0.1, 0.15) is 18.9 Å². The molecule has 2 rings (SSSR count). The van der Waals surface area contributed by atoms with E-state index in [1.807, 2.05) is 19.1 Å². The molecule has 1 aliphatic rings. The Morgan fingerprint density at radius 1 is 1.69 bits per heavy atom. The number of aromatic nitrogens is 1. The Balaban J connectivity index is 2.34. The van der Waals surface area contributed by atoms with Crippen molar-refractivity contribution in [2.24, 2.45) is 0 Å². The number of hydrogen-bond acceptors (Lipinski definition) is 3. The van der Waals surface area contributed by atoms with Crippen molar-refractivity contribution in [3.63, 3.8) is 0 Å². The van der Waals surface area contributed by atoms with Gasteiger partial charge in [-0.25, -0.2) is 4.98 Å². The van der Waals surface area contributed by atoms with Gasteiger partial charge in [0.2, 0.25) is 5.88 Å². The zero-order valence-electron chi connectivity index (χ0n) is 9.00. The highest BCUT2D eigenvalue weighted by molar-refractivity contribution is 7.80. The van der Waals surface area contributed by atoms with Crippen LogP contribution >= 0.6 is 23.8 Å². The van der Waals surface area contributed by atoms with Crippen molar-refractivity contribution >= 4 is 28.8 Å². The summed E-state index contributed by atoms with van der Waals surface area (Å²) in [6, 6.07) is 3.75. The van der Waals surface area contributed by atoms with Crippen LogP contribution in [0.3, 0.4) is 0 Å². The molecule has 86 valence electrons. The van der Waals surface area contributed by atoms with E-state index in [0.717, 1.165) is 12.0 Å². The van der Waals surface area contributed by atoms with Gasteiger partial charge in [-0.2, -0.15) is 0 Å². The molecule has 1 aromatic rings. The molecule has 0 bridgehead atoms. The Morgan fingerprint density at radius 2 is 2.50 bits per heavy atom. The number of nitrogens with one attached hydrogen (secondary N) is 1. The third kappa shape index (κ3) is 2.28. The highest BCUT2D eigenvalue weighted by Crippen LogP contribution is 2.26. The smallest absolute Gasteiger partial charge is 0.224 e. The number of halogens is 1. The van der Waals surface area contributed by atoms with E-state index in [9.17, 15) is 0 Å². The van der Waals surface area contributed by atoms with Crippen molar-refractivity contribution in [3.8, 4) is 5.88 Å². The van der Waals surface area contributed by atoms with Crippen LogP contribution in [0.5, 0.6) is 5.88 Å². The second-order valence-corrected chi connectivity index (χ2v) is 4.82. The maximum absolute atomic E-state index is 5.91. The molecular weight excluding hydrogens is 244 g/mol. The minimum absolute atomic E-state index is 0.356. The predicted octanol–water partition coefficient (Wildman–Crippen LogP) is 2.13. The van der Waals surface area contributed by atoms with Gasteiger partial charge >= 0.3 is 0 Å². The van der Waals surface area contributed by atoms with Crippen LogP contribution in [-0.2, 0) is 0 Å². The summed E-state index contributed by atoms with van der Waals surface area (Å²) in [6.07, 6.45) is 2.45. The second-order valence-electron chi connectivity index (χ2n) is 4.03. The van der Waals surface area contributed by atoms with Crippen LogP contribution in [-0.4, -0.2) is 28.0 Å². The van der Waals surface area contributed by atoms with E-state index in [1.54, 1.807) is 6.20 Å². The van der Waals surface area contributed by atoms with Crippen LogP contribution in [0.25, 0.3) is 0 Å². The lowest BCUT2D eigenvalue weighted by molar-refractivity contribution is 0.0870. The molecular formula is C11H13ClN2OS. The van der Waals surface area contributed by atoms with Crippen LogP contribution in [0.15, 0.2) is 18.3 Å². The van der Waals surface area contributed by atoms with Gasteiger partial charge in [0, 0.05) is 18.5 Å². The van der Waals surface area contributed by atoms with Crippen molar-refractivity contribution in [3.05, 3.63) is 23.9 Å². The van der Waals surface area contributed by atoms with E-state index in [0.29, 0.717) is 23.3 Å². The molecule has 1 unspecified atom stereocenters. The molecule has 0 aliphatic carbocycles. The lowest BCUT2D eigenvalue weighted by atomic mass is 10.0. The van der Waals surface area contributed by atoms with Gasteiger partial charge in [0.05, 0.1) is 12.1 Å². The summed E-state index contributed by atoms with van der Waals surface area (Å²) in [6.45, 7) is 2.66. The first-order valence-corrected chi connectivity index (χ1v) is 6.07. The summed E-state index contributed by atoms with van der Waals surface area (Å²) in [4.78, 5) is 4.90. The molecule has 0 fully saturated rings. The molecule has 0 spiro atoms. The first-order chi connectivity index (χ1) is 7.64. The van der Waals surface area contributed by atoms with Crippen molar-refractivity contribution in [2.75, 3.05) is 12.4 Å². The van der Waals surface area contributed by atoms with Gasteiger partial charge in [0.1, 0.15) is 10.6 Å². The number of ether oxygens (including phenoxy) is 1. The average Bonchev–Trinajstić information content (AvgIpc) is 2.38. The third-order valence-corrected chi connectivity index (χ3v) is 3.16. The summed E-state index contributed by atoms with van der Waals surface area (Å²) in [5.41, 5.74) is 0.488. The molecule has 16 heavy (non-hydrogen) atoms. The molecule has 1 aromatic heterocycles. The highest BCUT2D eigenvalue weighted by atomic mass is 35.5. The standard InChI is InChI=1S/C11H13ClN2OS/c1-11(4-5-12)7-14-10(16)8-3-2-6-13-9(8)15-11/h2-3,6H,4-5,7H2,1H3,(H,14,16). The number of thiocarbonyl (C=S) groups is 1. The predicted molar refractivity (Wildman–Crippen MR) is 68.3 cm³/mol. The summed E-state index contributed by atoms with van der Waals surface area (Å²) in [7, 11) is 0. The van der Waals surface area contributed by atoms with Crippen molar-refractivity contribution in [1.29, 1.82) is 0 Å². The number of alkyl halides is 1. The number of nitrogens with zero attached hydrogens (tertiary/aromatic N) is 1. The Bertz CT molecular complexity index is 413. The zero-order valence-corrected chi connectivity index (χ0v) is 10.6. The lowest BCUT2D eigenvalue weighted by Gasteiger charge is -2.27. The van der Waals surface area contributed by atoms with E-state index >= 15 is 0 Å². The number of pyridine rings is 1. The molecule has 3 nitrogen and oxygen atoms in total. The lowest BCUT2D eigenvalue weighted by Crippen LogP contribution is -2.42. The Labute approximate surface area is 105 Å². The molecule has 1 N–H and O–H groups in total. The van der Waals surface area contributed by atoms with E-state index in [-0.39, 0.29) is 5.60 Å². The van der Waals surface area contributed by atoms with E-state index in [1.165, 1.54) is 0 Å². The van der Waals surface area contributed by atoms with Crippen LogP contribution in [0.2, 0.25) is 0 Å². The third-order valence-electron chi connectivity index (χ3n) is 2.61. The molecule has 1 aliphatic heterocycles. The molecule has 0 radical (unpaired) electrons. The fourth-order valence-electron chi connectivity index (χ4n) is 1.62. The Kier molecular flexibility index (Phi) is 3.30. The van der Waals surface area contributed by atoms with E-state index < -0.39 is 0 Å². The normalized spacial score (nSPS) is 24.0. The topological polar surface area (TPSA) is 34.2 Å². The summed E-state index contributed by atoms with van der Waals surface area (Å²) in [5, 5.41) is 3.18. The fraction of sp³-hybridized carbons (Fsp3) is 0.455. The molecule has 0 saturated carbocycles. The minimum Gasteiger partial charge on any atom is -0.469 e. The molecule has 0 saturated heterocycles. The van der Waals surface area contributed by atoms with Crippen LogP contribution < -0.4 is 10.1 Å². The van der Waals surface area contributed by atoms with Gasteiger partial charge in [0.25, 0.3) is 0 Å². The SMILES string of the molecule is CC1(CCCl)CNC(=S)c2cccnc2O1. The summed E-state index contributed by atoms with van der Waals surface area (Å²) < 4.78 is 5.91. The Hall–Kier alpha value is -0.870. The molecule has 1 atom stereocenters. The first-order valence-electron chi connectivity index (χ1n) is 5.13. The van der Waals surface area contributed by atoms with Gasteiger partial charge in [0.15, 0.2) is 0 Å². The van der Waals surface area contributed by atoms with Gasteiger partial charge in [-0.3, -0.25) is 0 Å². The summed E-state index contributed by atoms with van der Waals surface area (Å²) in [5.74, 6) is 1.14. The maximum atomic E-state index is 5.91. The average molecular weight is 257 g/mol. The highest BCUT2D eigenvalue weighted by Gasteiger charge is 2.31. The van der Waals surface area contributed by atoms with Gasteiger partial charge in [-0.15, -0.1) is 11.6 Å². The number of rotatable bonds is 2. The number of hydrogen-bond donors (Lipinski definition) is 1. The van der Waals surface area contributed by atoms with Crippen molar-refractivity contribution in [1.82, 2.24) is 10.3 Å². The van der Waals surface area contributed by atoms with Gasteiger partial charge in [-0.1, -0.05) is 12.2 Å². The van der Waals surface area contributed by atoms with Crippen LogP contribution in [0, 0.1) is 0 Å². The number of fused-ring (bicyclic) bond motifs is 1. The van der Waals surface area contributed by atoms with E-state index in [4.69, 9.17) is 28.6 Å². The Morgan fingerprint density at radius 3 is 3.25 bits per heavy atom. The quantitative estimate of drug-likeness (QED) is 0.649. The van der Waals surface area contributed by atoms with Crippen molar-refractivity contribution < 1.29 is 4.74 Å². The monoisotopic (exact) mass is 256 g/mol. The van der Waals surface area contributed by atoms with Crippen LogP contribution in [0.4, 0.5) is 0 Å². The molecule has 0 amide bonds. The van der Waals surface area contributed by atoms with E-state index in [2.05, 4.69) is 10.3 Å². The van der Waals surface area contributed by atoms with Crippen molar-refractivity contribution in [2.45, 2.75) is 18.9 Å². The second kappa shape index (κ2) is 4.55. The fourth-order valence-corrected chi connectivity index (χ4v) is 2.24.